The summed E-state index contributed by atoms with van der Waals surface area (Å²) in [6, 6.07) is 1.78. The second kappa shape index (κ2) is 6.52. The van der Waals surface area contributed by atoms with Gasteiger partial charge in [-0.05, 0) is 12.5 Å². The molecule has 0 aromatic carbocycles. The number of ether oxygens (including phenoxy) is 1. The largest absolute Gasteiger partial charge is 0.378 e. The smallest absolute Gasteiger partial charge is 0.242 e. The Morgan fingerprint density at radius 2 is 2.05 bits per heavy atom. The first-order chi connectivity index (χ1) is 9.20. The van der Waals surface area contributed by atoms with Crippen LogP contribution in [0.2, 0.25) is 0 Å². The number of carbonyl (C=O) groups is 2. The summed E-state index contributed by atoms with van der Waals surface area (Å²) in [5.41, 5.74) is 0.691. The van der Waals surface area contributed by atoms with Crippen molar-refractivity contribution in [2.45, 2.75) is 26.3 Å². The molecule has 1 saturated heterocycles. The minimum absolute atomic E-state index is 0.0772. The van der Waals surface area contributed by atoms with E-state index in [-0.39, 0.29) is 11.7 Å². The fourth-order valence-electron chi connectivity index (χ4n) is 2.14. The zero-order valence-corrected chi connectivity index (χ0v) is 11.3. The number of ketones is 1. The maximum atomic E-state index is 12.0. The number of Topliss-reactive ketones (excluding diaryl/α,β-unsaturated/α-hetero) is 1. The Labute approximate surface area is 113 Å². The van der Waals surface area contributed by atoms with Crippen molar-refractivity contribution in [2.75, 3.05) is 26.3 Å². The van der Waals surface area contributed by atoms with Gasteiger partial charge in [0.1, 0.15) is 6.54 Å². The Morgan fingerprint density at radius 1 is 1.32 bits per heavy atom. The molecule has 104 valence electrons. The first-order valence-corrected chi connectivity index (χ1v) is 6.75. The van der Waals surface area contributed by atoms with E-state index < -0.39 is 0 Å². The summed E-state index contributed by atoms with van der Waals surface area (Å²) in [6.45, 7) is 4.80. The SMILES string of the molecule is CCCC(=O)c1ccn(CC(=O)N2CCOCC2)c1. The fraction of sp³-hybridized carbons (Fsp3) is 0.571. The number of amides is 1. The highest BCUT2D eigenvalue weighted by molar-refractivity contribution is 5.95. The summed E-state index contributed by atoms with van der Waals surface area (Å²) < 4.78 is 7.00. The number of morpholine rings is 1. The third kappa shape index (κ3) is 3.67. The van der Waals surface area contributed by atoms with Gasteiger partial charge in [0.25, 0.3) is 0 Å². The lowest BCUT2D eigenvalue weighted by Crippen LogP contribution is -2.42. The van der Waals surface area contributed by atoms with Crippen LogP contribution >= 0.6 is 0 Å². The van der Waals surface area contributed by atoms with Gasteiger partial charge < -0.3 is 14.2 Å². The van der Waals surface area contributed by atoms with Crippen molar-refractivity contribution in [1.82, 2.24) is 9.47 Å². The molecule has 5 heteroatoms. The predicted molar refractivity (Wildman–Crippen MR) is 71.1 cm³/mol. The van der Waals surface area contributed by atoms with E-state index in [0.717, 1.165) is 6.42 Å². The predicted octanol–water partition coefficient (Wildman–Crippen LogP) is 1.33. The molecule has 1 amide bonds. The van der Waals surface area contributed by atoms with Crippen LogP contribution in [0.15, 0.2) is 18.5 Å². The normalized spacial score (nSPS) is 15.5. The number of hydrogen-bond donors (Lipinski definition) is 0. The lowest BCUT2D eigenvalue weighted by atomic mass is 10.1. The van der Waals surface area contributed by atoms with Gasteiger partial charge in [0.2, 0.25) is 5.91 Å². The van der Waals surface area contributed by atoms with Crippen molar-refractivity contribution in [3.05, 3.63) is 24.0 Å². The molecule has 1 aliphatic rings. The van der Waals surface area contributed by atoms with Crippen molar-refractivity contribution in [2.24, 2.45) is 0 Å². The van der Waals surface area contributed by atoms with E-state index in [2.05, 4.69) is 0 Å². The van der Waals surface area contributed by atoms with Crippen LogP contribution in [0.5, 0.6) is 0 Å². The third-order valence-electron chi connectivity index (χ3n) is 3.23. The topological polar surface area (TPSA) is 51.5 Å². The quantitative estimate of drug-likeness (QED) is 0.754. The molecule has 1 fully saturated rings. The Morgan fingerprint density at radius 3 is 2.74 bits per heavy atom. The minimum Gasteiger partial charge on any atom is -0.378 e. The molecule has 0 bridgehead atoms. The highest BCUT2D eigenvalue weighted by Gasteiger charge is 2.17. The average Bonchev–Trinajstić information content (AvgIpc) is 2.88. The Kier molecular flexibility index (Phi) is 4.74. The average molecular weight is 264 g/mol. The molecule has 1 aromatic rings. The Hall–Kier alpha value is -1.62. The van der Waals surface area contributed by atoms with Crippen molar-refractivity contribution < 1.29 is 14.3 Å². The Bertz CT molecular complexity index is 447. The van der Waals surface area contributed by atoms with Crippen molar-refractivity contribution >= 4 is 11.7 Å². The summed E-state index contributed by atoms with van der Waals surface area (Å²) >= 11 is 0. The van der Waals surface area contributed by atoms with Gasteiger partial charge in [-0.25, -0.2) is 0 Å². The van der Waals surface area contributed by atoms with E-state index >= 15 is 0 Å². The third-order valence-corrected chi connectivity index (χ3v) is 3.23. The van der Waals surface area contributed by atoms with Gasteiger partial charge in [0.05, 0.1) is 13.2 Å². The van der Waals surface area contributed by atoms with Crippen molar-refractivity contribution in [1.29, 1.82) is 0 Å². The molecule has 0 radical (unpaired) electrons. The first-order valence-electron chi connectivity index (χ1n) is 6.75. The van der Waals surface area contributed by atoms with Gasteiger partial charge in [-0.15, -0.1) is 0 Å². The van der Waals surface area contributed by atoms with Gasteiger partial charge in [0, 0.05) is 37.5 Å². The molecule has 1 aromatic heterocycles. The molecule has 5 nitrogen and oxygen atoms in total. The van der Waals surface area contributed by atoms with Crippen molar-refractivity contribution in [3.8, 4) is 0 Å². The van der Waals surface area contributed by atoms with Crippen LogP contribution in [-0.4, -0.2) is 47.5 Å². The zero-order chi connectivity index (χ0) is 13.7. The Balaban J connectivity index is 1.92. The van der Waals surface area contributed by atoms with Crippen LogP contribution in [0, 0.1) is 0 Å². The molecule has 0 N–H and O–H groups in total. The molecule has 0 spiro atoms. The number of aromatic nitrogens is 1. The maximum absolute atomic E-state index is 12.0. The molecule has 0 atom stereocenters. The van der Waals surface area contributed by atoms with Gasteiger partial charge in [-0.3, -0.25) is 9.59 Å². The van der Waals surface area contributed by atoms with Crippen LogP contribution in [0.4, 0.5) is 0 Å². The summed E-state index contributed by atoms with van der Waals surface area (Å²) in [4.78, 5) is 25.6. The van der Waals surface area contributed by atoms with Gasteiger partial charge in [-0.2, -0.15) is 0 Å². The maximum Gasteiger partial charge on any atom is 0.242 e. The highest BCUT2D eigenvalue weighted by atomic mass is 16.5. The van der Waals surface area contributed by atoms with Crippen molar-refractivity contribution in [3.63, 3.8) is 0 Å². The molecule has 1 aliphatic heterocycles. The summed E-state index contributed by atoms with van der Waals surface area (Å²) in [5, 5.41) is 0. The number of carbonyl (C=O) groups excluding carboxylic acids is 2. The fourth-order valence-corrected chi connectivity index (χ4v) is 2.14. The molecule has 0 aliphatic carbocycles. The minimum atomic E-state index is 0.0772. The van der Waals surface area contributed by atoms with Crippen LogP contribution in [0.3, 0.4) is 0 Å². The molecule has 19 heavy (non-hydrogen) atoms. The van der Waals surface area contributed by atoms with Gasteiger partial charge in [-0.1, -0.05) is 6.92 Å². The zero-order valence-electron chi connectivity index (χ0n) is 11.3. The monoisotopic (exact) mass is 264 g/mol. The highest BCUT2D eigenvalue weighted by Crippen LogP contribution is 2.07. The molecule has 2 rings (SSSR count). The van der Waals surface area contributed by atoms with Crippen LogP contribution < -0.4 is 0 Å². The van der Waals surface area contributed by atoms with Crippen LogP contribution in [0.1, 0.15) is 30.1 Å². The van der Waals surface area contributed by atoms with Gasteiger partial charge in [0.15, 0.2) is 5.78 Å². The van der Waals surface area contributed by atoms with Gasteiger partial charge >= 0.3 is 0 Å². The first kappa shape index (κ1) is 13.8. The van der Waals surface area contributed by atoms with E-state index in [1.54, 1.807) is 27.9 Å². The molecular formula is C14H20N2O3. The van der Waals surface area contributed by atoms with E-state index in [0.29, 0.717) is 44.8 Å². The second-order valence-electron chi connectivity index (χ2n) is 4.74. The summed E-state index contributed by atoms with van der Waals surface area (Å²) in [7, 11) is 0. The number of nitrogens with zero attached hydrogens (tertiary/aromatic N) is 2. The van der Waals surface area contributed by atoms with E-state index in [1.165, 1.54) is 0 Å². The molecule has 2 heterocycles. The molecule has 0 unspecified atom stereocenters. The number of rotatable bonds is 5. The summed E-state index contributed by atoms with van der Waals surface area (Å²) in [6.07, 6.45) is 4.95. The van der Waals surface area contributed by atoms with E-state index in [4.69, 9.17) is 4.74 Å². The molecule has 0 saturated carbocycles. The van der Waals surface area contributed by atoms with Crippen LogP contribution in [0.25, 0.3) is 0 Å². The summed E-state index contributed by atoms with van der Waals surface area (Å²) in [5.74, 6) is 0.216. The molecular weight excluding hydrogens is 244 g/mol. The van der Waals surface area contributed by atoms with E-state index in [9.17, 15) is 9.59 Å². The number of hydrogen-bond acceptors (Lipinski definition) is 3. The standard InChI is InChI=1S/C14H20N2O3/c1-2-3-13(17)12-4-5-15(10-12)11-14(18)16-6-8-19-9-7-16/h4-5,10H,2-3,6-9,11H2,1H3. The lowest BCUT2D eigenvalue weighted by molar-refractivity contribution is -0.135. The second-order valence-corrected chi connectivity index (χ2v) is 4.74. The van der Waals surface area contributed by atoms with E-state index in [1.807, 2.05) is 6.92 Å². The lowest BCUT2D eigenvalue weighted by Gasteiger charge is -2.26. The van der Waals surface area contributed by atoms with Crippen LogP contribution in [-0.2, 0) is 16.1 Å².